The minimum atomic E-state index is -0.414. The fraction of sp³-hybridized carbons (Fsp3) is 0.533. The van der Waals surface area contributed by atoms with Crippen LogP contribution in [-0.2, 0) is 5.41 Å². The second-order valence-electron chi connectivity index (χ2n) is 5.58. The van der Waals surface area contributed by atoms with E-state index in [1.165, 1.54) is 6.07 Å². The summed E-state index contributed by atoms with van der Waals surface area (Å²) in [5.41, 5.74) is 1.21. The van der Waals surface area contributed by atoms with Crippen LogP contribution in [0.15, 0.2) is 18.2 Å². The van der Waals surface area contributed by atoms with Crippen molar-refractivity contribution >= 4 is 5.91 Å². The number of rotatable bonds is 3. The van der Waals surface area contributed by atoms with Crippen molar-refractivity contribution in [3.05, 3.63) is 35.1 Å². The molecule has 1 aromatic rings. The fourth-order valence-corrected chi connectivity index (χ4v) is 2.00. The number of likely N-dealkylation sites (tertiary alicyclic amines) is 1. The summed E-state index contributed by atoms with van der Waals surface area (Å²) in [4.78, 5) is 13.8. The third kappa shape index (κ3) is 2.26. The largest absolute Gasteiger partial charge is 0.338 e. The molecule has 1 aromatic carbocycles. The minimum Gasteiger partial charge on any atom is -0.338 e. The van der Waals surface area contributed by atoms with Gasteiger partial charge in [0.05, 0.1) is 5.56 Å². The number of halogens is 1. The highest BCUT2D eigenvalue weighted by Crippen LogP contribution is 2.28. The molecule has 1 amide bonds. The fourth-order valence-electron chi connectivity index (χ4n) is 2.00. The molecular weight excluding hydrogens is 229 g/mol. The predicted molar refractivity (Wildman–Crippen MR) is 70.2 cm³/mol. The summed E-state index contributed by atoms with van der Waals surface area (Å²) in [6.45, 7) is 7.82. The van der Waals surface area contributed by atoms with Crippen molar-refractivity contribution < 1.29 is 9.18 Å². The molecule has 0 atom stereocenters. The maximum absolute atomic E-state index is 13.8. The first kappa shape index (κ1) is 13.1. The van der Waals surface area contributed by atoms with Crippen LogP contribution in [0, 0.1) is 5.82 Å². The van der Waals surface area contributed by atoms with Gasteiger partial charge < -0.3 is 4.90 Å². The van der Waals surface area contributed by atoms with Crippen molar-refractivity contribution in [2.24, 2.45) is 0 Å². The Kier molecular flexibility index (Phi) is 3.42. The molecule has 0 spiro atoms. The lowest BCUT2D eigenvalue weighted by molar-refractivity contribution is 0.0647. The number of amides is 1. The van der Waals surface area contributed by atoms with E-state index in [4.69, 9.17) is 0 Å². The van der Waals surface area contributed by atoms with E-state index in [2.05, 4.69) is 20.8 Å². The molecule has 98 valence electrons. The maximum Gasteiger partial charge on any atom is 0.256 e. The summed E-state index contributed by atoms with van der Waals surface area (Å²) in [5.74, 6) is -0.588. The molecule has 2 rings (SSSR count). The summed E-state index contributed by atoms with van der Waals surface area (Å²) in [5, 5.41) is 0. The van der Waals surface area contributed by atoms with Gasteiger partial charge in [0.2, 0.25) is 0 Å². The molecule has 1 aliphatic heterocycles. The molecule has 1 fully saturated rings. The van der Waals surface area contributed by atoms with Crippen molar-refractivity contribution in [3.8, 4) is 0 Å². The topological polar surface area (TPSA) is 20.3 Å². The van der Waals surface area contributed by atoms with Gasteiger partial charge in [0.15, 0.2) is 0 Å². The number of nitrogens with zero attached hydrogens (tertiary/aromatic N) is 1. The highest BCUT2D eigenvalue weighted by atomic mass is 19.1. The molecule has 3 heteroatoms. The smallest absolute Gasteiger partial charge is 0.256 e. The Hall–Kier alpha value is -1.38. The van der Waals surface area contributed by atoms with Gasteiger partial charge in [0.25, 0.3) is 5.91 Å². The van der Waals surface area contributed by atoms with E-state index in [9.17, 15) is 9.18 Å². The van der Waals surface area contributed by atoms with E-state index >= 15 is 0 Å². The zero-order chi connectivity index (χ0) is 13.3. The van der Waals surface area contributed by atoms with Gasteiger partial charge in [-0.1, -0.05) is 26.8 Å². The highest BCUT2D eigenvalue weighted by molar-refractivity contribution is 5.95. The zero-order valence-corrected chi connectivity index (χ0v) is 11.3. The van der Waals surface area contributed by atoms with Gasteiger partial charge in [-0.15, -0.1) is 0 Å². The first-order valence-corrected chi connectivity index (χ1v) is 6.55. The average molecular weight is 249 g/mol. The van der Waals surface area contributed by atoms with E-state index in [-0.39, 0.29) is 16.9 Å². The third-order valence-corrected chi connectivity index (χ3v) is 4.01. The third-order valence-electron chi connectivity index (χ3n) is 4.01. The summed E-state index contributed by atoms with van der Waals surface area (Å²) in [7, 11) is 0. The average Bonchev–Trinajstić information content (AvgIpc) is 2.26. The van der Waals surface area contributed by atoms with Gasteiger partial charge in [-0.25, -0.2) is 4.39 Å². The molecule has 18 heavy (non-hydrogen) atoms. The Balaban J connectivity index is 2.35. The Morgan fingerprint density at radius 1 is 1.39 bits per heavy atom. The van der Waals surface area contributed by atoms with Crippen molar-refractivity contribution in [2.45, 2.75) is 39.0 Å². The summed E-state index contributed by atoms with van der Waals surface area (Å²) >= 11 is 0. The molecule has 0 aliphatic carbocycles. The van der Waals surface area contributed by atoms with Gasteiger partial charge in [0.1, 0.15) is 5.82 Å². The molecule has 0 saturated carbocycles. The molecule has 0 N–H and O–H groups in total. The number of hydrogen-bond acceptors (Lipinski definition) is 1. The van der Waals surface area contributed by atoms with Gasteiger partial charge in [-0.2, -0.15) is 0 Å². The monoisotopic (exact) mass is 249 g/mol. The van der Waals surface area contributed by atoms with Gasteiger partial charge in [-0.3, -0.25) is 4.79 Å². The van der Waals surface area contributed by atoms with Crippen LogP contribution in [0.25, 0.3) is 0 Å². The molecule has 2 nitrogen and oxygen atoms in total. The van der Waals surface area contributed by atoms with E-state index in [0.29, 0.717) is 0 Å². The lowest BCUT2D eigenvalue weighted by Gasteiger charge is -2.31. The lowest BCUT2D eigenvalue weighted by Crippen LogP contribution is -2.42. The molecule has 1 saturated heterocycles. The van der Waals surface area contributed by atoms with Crippen LogP contribution >= 0.6 is 0 Å². The SMILES string of the molecule is CCC(C)(C)c1ccc(F)c(C(=O)N2CCC2)c1. The standard InChI is InChI=1S/C15H20FNO/c1-4-15(2,3)11-6-7-13(16)12(10-11)14(18)17-8-5-9-17/h6-7,10H,4-5,8-9H2,1-3H3. The minimum absolute atomic E-state index is 0.0301. The van der Waals surface area contributed by atoms with Crippen molar-refractivity contribution in [1.82, 2.24) is 4.90 Å². The van der Waals surface area contributed by atoms with Crippen LogP contribution in [-0.4, -0.2) is 23.9 Å². The summed E-state index contributed by atoms with van der Waals surface area (Å²) in [6, 6.07) is 4.92. The quantitative estimate of drug-likeness (QED) is 0.804. The van der Waals surface area contributed by atoms with Crippen LogP contribution in [0.5, 0.6) is 0 Å². The van der Waals surface area contributed by atoms with Gasteiger partial charge in [0, 0.05) is 13.1 Å². The second kappa shape index (κ2) is 4.71. The summed E-state index contributed by atoms with van der Waals surface area (Å²) < 4.78 is 13.8. The predicted octanol–water partition coefficient (Wildman–Crippen LogP) is 3.36. The van der Waals surface area contributed by atoms with E-state index < -0.39 is 5.82 Å². The molecule has 1 heterocycles. The number of hydrogen-bond donors (Lipinski definition) is 0. The van der Waals surface area contributed by atoms with Crippen molar-refractivity contribution in [2.75, 3.05) is 13.1 Å². The van der Waals surface area contributed by atoms with Crippen LogP contribution in [0.2, 0.25) is 0 Å². The van der Waals surface area contributed by atoms with Crippen molar-refractivity contribution in [1.29, 1.82) is 0 Å². The Bertz CT molecular complexity index is 464. The van der Waals surface area contributed by atoms with Gasteiger partial charge in [-0.05, 0) is 36.0 Å². The Morgan fingerprint density at radius 3 is 2.56 bits per heavy atom. The molecule has 0 radical (unpaired) electrons. The zero-order valence-electron chi connectivity index (χ0n) is 11.3. The molecular formula is C15H20FNO. The van der Waals surface area contributed by atoms with E-state index in [1.807, 2.05) is 0 Å². The number of carbonyl (C=O) groups is 1. The highest BCUT2D eigenvalue weighted by Gasteiger charge is 2.26. The second-order valence-corrected chi connectivity index (χ2v) is 5.58. The number of benzene rings is 1. The van der Waals surface area contributed by atoms with Crippen LogP contribution in [0.3, 0.4) is 0 Å². The van der Waals surface area contributed by atoms with E-state index in [1.54, 1.807) is 17.0 Å². The molecule has 0 unspecified atom stereocenters. The van der Waals surface area contributed by atoms with Crippen molar-refractivity contribution in [3.63, 3.8) is 0 Å². The summed E-state index contributed by atoms with van der Waals surface area (Å²) in [6.07, 6.45) is 1.98. The molecule has 0 aromatic heterocycles. The van der Waals surface area contributed by atoms with E-state index in [0.717, 1.165) is 31.5 Å². The molecule has 1 aliphatic rings. The lowest BCUT2D eigenvalue weighted by atomic mass is 9.81. The normalized spacial score (nSPS) is 15.4. The van der Waals surface area contributed by atoms with Crippen LogP contribution in [0.1, 0.15) is 49.5 Å². The maximum atomic E-state index is 13.8. The Morgan fingerprint density at radius 2 is 2.06 bits per heavy atom. The number of carbonyl (C=O) groups excluding carboxylic acids is 1. The van der Waals surface area contributed by atoms with Crippen LogP contribution < -0.4 is 0 Å². The van der Waals surface area contributed by atoms with Gasteiger partial charge >= 0.3 is 0 Å². The molecule has 0 bridgehead atoms. The first-order chi connectivity index (χ1) is 8.45. The first-order valence-electron chi connectivity index (χ1n) is 6.55. The Labute approximate surface area is 108 Å². The van der Waals surface area contributed by atoms with Crippen LogP contribution in [0.4, 0.5) is 4.39 Å².